The number of ether oxygens (including phenoxy) is 1. The van der Waals surface area contributed by atoms with Crippen molar-refractivity contribution < 1.29 is 9.94 Å². The lowest BCUT2D eigenvalue weighted by Gasteiger charge is -2.25. The zero-order valence-electron chi connectivity index (χ0n) is 11.7. The lowest BCUT2D eigenvalue weighted by molar-refractivity contribution is 0.0840. The first-order valence-corrected chi connectivity index (χ1v) is 6.89. The molecule has 1 aliphatic heterocycles. The van der Waals surface area contributed by atoms with Gasteiger partial charge in [0.05, 0.1) is 18.4 Å². The Bertz CT molecular complexity index is 444. The Morgan fingerprint density at radius 3 is 2.89 bits per heavy atom. The van der Waals surface area contributed by atoms with Crippen molar-refractivity contribution in [1.29, 1.82) is 0 Å². The summed E-state index contributed by atoms with van der Waals surface area (Å²) in [6.07, 6.45) is 2.07. The van der Waals surface area contributed by atoms with Gasteiger partial charge in [-0.2, -0.15) is 0 Å². The Hall–Kier alpha value is -1.55. The maximum atomic E-state index is 9.14. The maximum Gasteiger partial charge on any atom is 0.0889 e. The van der Waals surface area contributed by atoms with E-state index in [1.807, 2.05) is 32.0 Å². The van der Waals surface area contributed by atoms with E-state index in [4.69, 9.17) is 9.94 Å². The number of benzene rings is 1. The van der Waals surface area contributed by atoms with Crippen LogP contribution in [0.2, 0.25) is 0 Å². The molecular weight excluding hydrogens is 240 g/mol. The van der Waals surface area contributed by atoms with Gasteiger partial charge >= 0.3 is 0 Å². The zero-order chi connectivity index (χ0) is 13.7. The zero-order valence-corrected chi connectivity index (χ0v) is 11.7. The third kappa shape index (κ3) is 3.47. The van der Waals surface area contributed by atoms with Crippen LogP contribution in [-0.4, -0.2) is 36.7 Å². The van der Waals surface area contributed by atoms with Gasteiger partial charge in [-0.05, 0) is 32.8 Å². The second-order valence-electron chi connectivity index (χ2n) is 5.07. The minimum atomic E-state index is 0.261. The molecule has 19 heavy (non-hydrogen) atoms. The molecule has 0 unspecified atom stereocenters. The van der Waals surface area contributed by atoms with E-state index in [0.29, 0.717) is 0 Å². The summed E-state index contributed by atoms with van der Waals surface area (Å²) in [5.74, 6) is 0. The van der Waals surface area contributed by atoms with Gasteiger partial charge in [0.1, 0.15) is 0 Å². The molecule has 104 valence electrons. The first-order chi connectivity index (χ1) is 9.22. The minimum absolute atomic E-state index is 0.261. The largest absolute Gasteiger partial charge is 0.411 e. The van der Waals surface area contributed by atoms with Crippen molar-refractivity contribution in [3.63, 3.8) is 0 Å². The molecule has 4 nitrogen and oxygen atoms in total. The molecular formula is C15H22N2O2. The van der Waals surface area contributed by atoms with E-state index >= 15 is 0 Å². The average Bonchev–Trinajstić information content (AvgIpc) is 2.58. The van der Waals surface area contributed by atoms with E-state index < -0.39 is 0 Å². The molecule has 4 heteroatoms. The van der Waals surface area contributed by atoms with Gasteiger partial charge < -0.3 is 14.8 Å². The Labute approximate surface area is 114 Å². The number of anilines is 1. The highest BCUT2D eigenvalue weighted by atomic mass is 16.5. The highest BCUT2D eigenvalue weighted by Crippen LogP contribution is 2.26. The summed E-state index contributed by atoms with van der Waals surface area (Å²) >= 11 is 0. The van der Waals surface area contributed by atoms with Gasteiger partial charge in [0, 0.05) is 24.3 Å². The lowest BCUT2D eigenvalue weighted by atomic mass is 10.1. The van der Waals surface area contributed by atoms with Crippen LogP contribution in [0.25, 0.3) is 0 Å². The predicted octanol–water partition coefficient (Wildman–Crippen LogP) is 2.89. The van der Waals surface area contributed by atoms with E-state index in [1.54, 1.807) is 0 Å². The normalized spacial score (nSPS) is 17.6. The van der Waals surface area contributed by atoms with Crippen molar-refractivity contribution in [3.05, 3.63) is 29.8 Å². The van der Waals surface area contributed by atoms with Gasteiger partial charge in [-0.1, -0.05) is 23.4 Å². The van der Waals surface area contributed by atoms with Crippen LogP contribution in [0, 0.1) is 0 Å². The molecule has 1 heterocycles. The Balaban J connectivity index is 2.16. The first kappa shape index (κ1) is 13.9. The maximum absolute atomic E-state index is 9.14. The fourth-order valence-corrected chi connectivity index (χ4v) is 2.42. The molecule has 0 aromatic heterocycles. The monoisotopic (exact) mass is 262 g/mol. The molecule has 1 aromatic carbocycles. The third-order valence-electron chi connectivity index (χ3n) is 3.33. The van der Waals surface area contributed by atoms with Gasteiger partial charge in [0.15, 0.2) is 0 Å². The van der Waals surface area contributed by atoms with Crippen molar-refractivity contribution in [2.45, 2.75) is 32.8 Å². The molecule has 0 saturated carbocycles. The number of hydrogen-bond acceptors (Lipinski definition) is 4. The average molecular weight is 262 g/mol. The summed E-state index contributed by atoms with van der Waals surface area (Å²) in [6, 6.07) is 8.11. The third-order valence-corrected chi connectivity index (χ3v) is 3.33. The highest BCUT2D eigenvalue weighted by molar-refractivity contribution is 6.05. The second-order valence-corrected chi connectivity index (χ2v) is 5.07. The van der Waals surface area contributed by atoms with Crippen LogP contribution in [-0.2, 0) is 4.74 Å². The van der Waals surface area contributed by atoms with Crippen LogP contribution >= 0.6 is 0 Å². The lowest BCUT2D eigenvalue weighted by Crippen LogP contribution is -2.29. The van der Waals surface area contributed by atoms with E-state index in [2.05, 4.69) is 16.1 Å². The molecule has 0 bridgehead atoms. The Kier molecular flexibility index (Phi) is 4.80. The molecule has 0 radical (unpaired) electrons. The fraction of sp³-hybridized carbons (Fsp3) is 0.533. The molecule has 1 aliphatic rings. The number of hydrogen-bond donors (Lipinski definition) is 1. The molecule has 0 amide bonds. The summed E-state index contributed by atoms with van der Waals surface area (Å²) in [5.41, 5.74) is 2.95. The van der Waals surface area contributed by atoms with E-state index in [9.17, 15) is 0 Å². The minimum Gasteiger partial charge on any atom is -0.411 e. The van der Waals surface area contributed by atoms with Crippen LogP contribution in [0.3, 0.4) is 0 Å². The molecule has 1 N–H and O–H groups in total. The topological polar surface area (TPSA) is 45.1 Å². The summed E-state index contributed by atoms with van der Waals surface area (Å²) in [5, 5.41) is 12.6. The highest BCUT2D eigenvalue weighted by Gasteiger charge is 2.19. The van der Waals surface area contributed by atoms with Crippen molar-refractivity contribution in [2.75, 3.05) is 24.6 Å². The Morgan fingerprint density at radius 2 is 2.16 bits per heavy atom. The number of rotatable bonds is 4. The van der Waals surface area contributed by atoms with Gasteiger partial charge in [-0.25, -0.2) is 0 Å². The molecule has 0 atom stereocenters. The van der Waals surface area contributed by atoms with E-state index in [-0.39, 0.29) is 6.10 Å². The first-order valence-electron chi connectivity index (χ1n) is 6.89. The van der Waals surface area contributed by atoms with Crippen LogP contribution in [0.1, 0.15) is 32.3 Å². The van der Waals surface area contributed by atoms with E-state index in [0.717, 1.165) is 49.5 Å². The van der Waals surface area contributed by atoms with Crippen molar-refractivity contribution in [3.8, 4) is 0 Å². The van der Waals surface area contributed by atoms with Crippen LogP contribution in [0.5, 0.6) is 0 Å². The van der Waals surface area contributed by atoms with Gasteiger partial charge in [-0.3, -0.25) is 0 Å². The predicted molar refractivity (Wildman–Crippen MR) is 77.3 cm³/mol. The van der Waals surface area contributed by atoms with Crippen molar-refractivity contribution in [1.82, 2.24) is 0 Å². The van der Waals surface area contributed by atoms with Gasteiger partial charge in [-0.15, -0.1) is 0 Å². The number of oxime groups is 1. The summed E-state index contributed by atoms with van der Waals surface area (Å²) in [6.45, 7) is 6.66. The summed E-state index contributed by atoms with van der Waals surface area (Å²) in [4.78, 5) is 2.32. The molecule has 0 aliphatic carbocycles. The van der Waals surface area contributed by atoms with Crippen molar-refractivity contribution >= 4 is 11.4 Å². The number of nitrogens with zero attached hydrogens (tertiary/aromatic N) is 2. The van der Waals surface area contributed by atoms with Crippen LogP contribution < -0.4 is 4.90 Å². The molecule has 2 rings (SSSR count). The molecule has 0 spiro atoms. The fourth-order valence-electron chi connectivity index (χ4n) is 2.42. The van der Waals surface area contributed by atoms with E-state index in [1.165, 1.54) is 0 Å². The SMILES string of the molecule is CC(C)OCCN1CCC/C(=N/O)c2ccccc21. The summed E-state index contributed by atoms with van der Waals surface area (Å²) in [7, 11) is 0. The van der Waals surface area contributed by atoms with Gasteiger partial charge in [0.25, 0.3) is 0 Å². The van der Waals surface area contributed by atoms with Crippen LogP contribution in [0.15, 0.2) is 29.4 Å². The van der Waals surface area contributed by atoms with Crippen LogP contribution in [0.4, 0.5) is 5.69 Å². The standard InChI is InChI=1S/C15H22N2O2/c1-12(2)19-11-10-17-9-5-7-14(16-18)13-6-3-4-8-15(13)17/h3-4,6,8,12,18H,5,7,9-11H2,1-2H3/b16-14-. The summed E-state index contributed by atoms with van der Waals surface area (Å²) < 4.78 is 5.63. The van der Waals surface area contributed by atoms with Gasteiger partial charge in [0.2, 0.25) is 0 Å². The van der Waals surface area contributed by atoms with Crippen molar-refractivity contribution in [2.24, 2.45) is 5.16 Å². The smallest absolute Gasteiger partial charge is 0.0889 e. The molecule has 1 aromatic rings. The quantitative estimate of drug-likeness (QED) is 0.670. The number of para-hydroxylation sites is 1. The molecule has 0 fully saturated rings. The molecule has 0 saturated heterocycles. The number of fused-ring (bicyclic) bond motifs is 1. The Morgan fingerprint density at radius 1 is 1.37 bits per heavy atom. The second kappa shape index (κ2) is 6.57.